The van der Waals surface area contributed by atoms with Gasteiger partial charge in [0.05, 0.1) is 11.7 Å². The molecule has 6 nitrogen and oxygen atoms in total. The smallest absolute Gasteiger partial charge is 0.349 e. The molecule has 0 amide bonds. The lowest BCUT2D eigenvalue weighted by Crippen LogP contribution is -2.19. The Kier molecular flexibility index (Phi) is 6.90. The van der Waals surface area contributed by atoms with Crippen LogP contribution in [0.2, 0.25) is 5.02 Å². The van der Waals surface area contributed by atoms with Gasteiger partial charge in [0.2, 0.25) is 0 Å². The summed E-state index contributed by atoms with van der Waals surface area (Å²) in [5, 5.41) is 0.623. The maximum absolute atomic E-state index is 12.2. The van der Waals surface area contributed by atoms with Gasteiger partial charge in [-0.3, -0.25) is 0 Å². The van der Waals surface area contributed by atoms with Crippen molar-refractivity contribution in [3.8, 4) is 11.5 Å². The lowest BCUT2D eigenvalue weighted by atomic mass is 10.2. The minimum absolute atomic E-state index is 0.0430. The summed E-state index contributed by atoms with van der Waals surface area (Å²) in [5.74, 6) is -0.309. The predicted molar refractivity (Wildman–Crippen MR) is 103 cm³/mol. The highest BCUT2D eigenvalue weighted by Gasteiger charge is 2.18. The molecule has 0 saturated carbocycles. The third-order valence-electron chi connectivity index (χ3n) is 4.21. The van der Waals surface area contributed by atoms with Crippen molar-refractivity contribution in [2.24, 2.45) is 0 Å². The molecule has 0 radical (unpaired) electrons. The molecule has 1 aliphatic rings. The summed E-state index contributed by atoms with van der Waals surface area (Å²) < 4.78 is 21.3. The average molecular weight is 405 g/mol. The molecule has 1 saturated heterocycles. The molecule has 0 aliphatic carbocycles. The van der Waals surface area contributed by atoms with E-state index < -0.39 is 11.9 Å². The van der Waals surface area contributed by atoms with Crippen molar-refractivity contribution < 1.29 is 28.5 Å². The highest BCUT2D eigenvalue weighted by Crippen LogP contribution is 2.21. The first-order valence-corrected chi connectivity index (χ1v) is 9.37. The minimum atomic E-state index is -0.586. The minimum Gasteiger partial charge on any atom is -0.482 e. The summed E-state index contributed by atoms with van der Waals surface area (Å²) >= 11 is 5.96. The van der Waals surface area contributed by atoms with Crippen LogP contribution < -0.4 is 9.47 Å². The number of hydrogen-bond donors (Lipinski definition) is 0. The highest BCUT2D eigenvalue weighted by atomic mass is 35.5. The molecule has 1 aliphatic heterocycles. The van der Waals surface area contributed by atoms with Gasteiger partial charge >= 0.3 is 11.9 Å². The van der Waals surface area contributed by atoms with Gasteiger partial charge in [-0.05, 0) is 61.7 Å². The summed E-state index contributed by atoms with van der Waals surface area (Å²) in [6.07, 6.45) is 1.82. The maximum atomic E-state index is 12.2. The number of esters is 2. The topological polar surface area (TPSA) is 71.1 Å². The Morgan fingerprint density at radius 3 is 2.79 bits per heavy atom. The molecule has 3 rings (SSSR count). The summed E-state index contributed by atoms with van der Waals surface area (Å²) in [6.45, 7) is 2.49. The molecule has 1 heterocycles. The number of ether oxygens (including phenoxy) is 4. The van der Waals surface area contributed by atoms with Crippen molar-refractivity contribution in [3.05, 3.63) is 58.6 Å². The van der Waals surface area contributed by atoms with Gasteiger partial charge in [0.1, 0.15) is 18.1 Å². The quantitative estimate of drug-likeness (QED) is 0.513. The summed E-state index contributed by atoms with van der Waals surface area (Å²) in [5.41, 5.74) is 1.15. The van der Waals surface area contributed by atoms with Crippen LogP contribution in [0.15, 0.2) is 42.5 Å². The van der Waals surface area contributed by atoms with E-state index in [1.54, 1.807) is 36.4 Å². The Balaban J connectivity index is 1.50. The number of benzene rings is 2. The second-order valence-electron chi connectivity index (χ2n) is 6.44. The second-order valence-corrected chi connectivity index (χ2v) is 6.84. The van der Waals surface area contributed by atoms with E-state index >= 15 is 0 Å². The van der Waals surface area contributed by atoms with Crippen LogP contribution in [0.1, 0.15) is 28.8 Å². The van der Waals surface area contributed by atoms with E-state index in [4.69, 9.17) is 30.5 Å². The summed E-state index contributed by atoms with van der Waals surface area (Å²) in [7, 11) is 0. The van der Waals surface area contributed by atoms with Gasteiger partial charge < -0.3 is 18.9 Å². The van der Waals surface area contributed by atoms with Gasteiger partial charge in [-0.2, -0.15) is 0 Å². The molecule has 148 valence electrons. The van der Waals surface area contributed by atoms with E-state index in [1.807, 2.05) is 6.92 Å². The van der Waals surface area contributed by atoms with Crippen LogP contribution in [0, 0.1) is 6.92 Å². The molecule has 1 unspecified atom stereocenters. The number of carbonyl (C=O) groups excluding carboxylic acids is 2. The van der Waals surface area contributed by atoms with Gasteiger partial charge in [-0.1, -0.05) is 17.7 Å². The first kappa shape index (κ1) is 20.2. The molecule has 0 bridgehead atoms. The molecular weight excluding hydrogens is 384 g/mol. The first-order valence-electron chi connectivity index (χ1n) is 8.99. The lowest BCUT2D eigenvalue weighted by molar-refractivity contribution is -0.136. The largest absolute Gasteiger partial charge is 0.482 e. The molecule has 7 heteroatoms. The summed E-state index contributed by atoms with van der Waals surface area (Å²) in [6, 6.07) is 11.4. The fraction of sp³-hybridized carbons (Fsp3) is 0.333. The first-order chi connectivity index (χ1) is 13.5. The predicted octanol–water partition coefficient (Wildman–Crippen LogP) is 3.97. The van der Waals surface area contributed by atoms with Crippen LogP contribution in [0.5, 0.6) is 11.5 Å². The van der Waals surface area contributed by atoms with Crippen molar-refractivity contribution in [1.29, 1.82) is 0 Å². The van der Waals surface area contributed by atoms with Crippen LogP contribution in [-0.2, 0) is 14.3 Å². The van der Waals surface area contributed by atoms with E-state index in [0.29, 0.717) is 22.9 Å². The summed E-state index contributed by atoms with van der Waals surface area (Å²) in [4.78, 5) is 24.2. The molecule has 1 atom stereocenters. The normalized spacial score (nSPS) is 15.9. The van der Waals surface area contributed by atoms with Crippen LogP contribution in [0.3, 0.4) is 0 Å². The monoisotopic (exact) mass is 404 g/mol. The van der Waals surface area contributed by atoms with Crippen molar-refractivity contribution >= 4 is 23.5 Å². The van der Waals surface area contributed by atoms with Gasteiger partial charge in [-0.15, -0.1) is 0 Å². The van der Waals surface area contributed by atoms with E-state index in [0.717, 1.165) is 18.4 Å². The molecule has 2 aromatic carbocycles. The Morgan fingerprint density at radius 1 is 1.18 bits per heavy atom. The van der Waals surface area contributed by atoms with Crippen LogP contribution >= 0.6 is 11.6 Å². The van der Waals surface area contributed by atoms with Gasteiger partial charge in [-0.25, -0.2) is 9.59 Å². The SMILES string of the molecule is Cc1cc(OCC(=O)Oc2cccc(C(=O)OCC3CCCO3)c2)ccc1Cl. The standard InChI is InChI=1S/C21H21ClO6/c1-14-10-16(7-8-19(14)22)26-13-20(23)28-17-5-2-4-15(11-17)21(24)27-12-18-6-3-9-25-18/h2,4-5,7-8,10-11,18H,3,6,9,12-13H2,1H3. The Morgan fingerprint density at radius 2 is 2.04 bits per heavy atom. The van der Waals surface area contributed by atoms with Crippen LogP contribution in [-0.4, -0.2) is 37.9 Å². The molecule has 0 spiro atoms. The zero-order chi connectivity index (χ0) is 19.9. The third kappa shape index (κ3) is 5.71. The van der Waals surface area contributed by atoms with Crippen molar-refractivity contribution in [2.45, 2.75) is 25.9 Å². The molecule has 1 fully saturated rings. The number of halogens is 1. The van der Waals surface area contributed by atoms with Crippen molar-refractivity contribution in [2.75, 3.05) is 19.8 Å². The third-order valence-corrected chi connectivity index (χ3v) is 4.64. The van der Waals surface area contributed by atoms with E-state index in [-0.39, 0.29) is 25.1 Å². The van der Waals surface area contributed by atoms with E-state index in [1.165, 1.54) is 6.07 Å². The molecule has 28 heavy (non-hydrogen) atoms. The number of carbonyl (C=O) groups is 2. The molecular formula is C21H21ClO6. The fourth-order valence-electron chi connectivity index (χ4n) is 2.72. The van der Waals surface area contributed by atoms with E-state index in [9.17, 15) is 9.59 Å². The lowest BCUT2D eigenvalue weighted by Gasteiger charge is -2.11. The van der Waals surface area contributed by atoms with Gasteiger partial charge in [0.25, 0.3) is 0 Å². The fourth-order valence-corrected chi connectivity index (χ4v) is 2.84. The number of hydrogen-bond acceptors (Lipinski definition) is 6. The molecule has 0 aromatic heterocycles. The van der Waals surface area contributed by atoms with E-state index in [2.05, 4.69) is 0 Å². The average Bonchev–Trinajstić information content (AvgIpc) is 3.21. The Labute approximate surface area is 168 Å². The van der Waals surface area contributed by atoms with Crippen LogP contribution in [0.4, 0.5) is 0 Å². The zero-order valence-electron chi connectivity index (χ0n) is 15.5. The molecule has 2 aromatic rings. The zero-order valence-corrected chi connectivity index (χ0v) is 16.2. The molecule has 0 N–H and O–H groups in total. The van der Waals surface area contributed by atoms with Gasteiger partial charge in [0.15, 0.2) is 6.61 Å². The van der Waals surface area contributed by atoms with Gasteiger partial charge in [0, 0.05) is 11.6 Å². The number of aryl methyl sites for hydroxylation is 1. The Hall–Kier alpha value is -2.57. The van der Waals surface area contributed by atoms with Crippen LogP contribution in [0.25, 0.3) is 0 Å². The van der Waals surface area contributed by atoms with Crippen molar-refractivity contribution in [1.82, 2.24) is 0 Å². The second kappa shape index (κ2) is 9.57. The Bertz CT molecular complexity index is 845. The highest BCUT2D eigenvalue weighted by molar-refractivity contribution is 6.31. The number of rotatable bonds is 7. The maximum Gasteiger partial charge on any atom is 0.349 e. The van der Waals surface area contributed by atoms with Crippen molar-refractivity contribution in [3.63, 3.8) is 0 Å².